The summed E-state index contributed by atoms with van der Waals surface area (Å²) in [5.41, 5.74) is 0.386. The Kier molecular flexibility index (Phi) is 0.799. The first kappa shape index (κ1) is 6.01. The average Bonchev–Trinajstić information content (AvgIpc) is 2.46. The predicted molar refractivity (Wildman–Crippen MR) is 43.1 cm³/mol. The Labute approximate surface area is 66.7 Å². The number of hydrogen-bond acceptors (Lipinski definition) is 1. The summed E-state index contributed by atoms with van der Waals surface area (Å²) in [6, 6.07) is 0. The molecular weight excluding hydrogens is 136 g/mol. The summed E-state index contributed by atoms with van der Waals surface area (Å²) in [7, 11) is 0. The summed E-state index contributed by atoms with van der Waals surface area (Å²) < 4.78 is 5.67. The lowest BCUT2D eigenvalue weighted by Gasteiger charge is -2.14. The summed E-state index contributed by atoms with van der Waals surface area (Å²) in [4.78, 5) is 0. The number of rotatable bonds is 1. The van der Waals surface area contributed by atoms with E-state index in [1.54, 1.807) is 0 Å². The number of fused-ring (bicyclic) bond motifs is 5. The summed E-state index contributed by atoms with van der Waals surface area (Å²) >= 11 is 0. The zero-order valence-electron chi connectivity index (χ0n) is 6.66. The van der Waals surface area contributed by atoms with Crippen molar-refractivity contribution in [3.63, 3.8) is 0 Å². The van der Waals surface area contributed by atoms with Gasteiger partial charge in [0.25, 0.3) is 0 Å². The molecule has 58 valence electrons. The molecule has 4 atom stereocenters. The van der Waals surface area contributed by atoms with Gasteiger partial charge in [0.2, 0.25) is 0 Å². The minimum atomic E-state index is 0.386. The van der Waals surface area contributed by atoms with Crippen LogP contribution in [0.2, 0.25) is 0 Å². The van der Waals surface area contributed by atoms with Gasteiger partial charge < -0.3 is 4.74 Å². The lowest BCUT2D eigenvalue weighted by Crippen LogP contribution is -2.15. The molecule has 2 fully saturated rings. The van der Waals surface area contributed by atoms with Crippen molar-refractivity contribution in [2.75, 3.05) is 0 Å². The normalized spacial score (nSPS) is 63.0. The maximum atomic E-state index is 5.67. The van der Waals surface area contributed by atoms with Crippen LogP contribution in [-0.4, -0.2) is 12.2 Å². The topological polar surface area (TPSA) is 9.23 Å². The highest BCUT2D eigenvalue weighted by Gasteiger charge is 2.71. The van der Waals surface area contributed by atoms with Crippen molar-refractivity contribution >= 4 is 0 Å². The van der Waals surface area contributed by atoms with Crippen LogP contribution in [0.1, 0.15) is 6.92 Å². The van der Waals surface area contributed by atoms with E-state index in [0.29, 0.717) is 17.6 Å². The minimum Gasteiger partial charge on any atom is -0.366 e. The quantitative estimate of drug-likeness (QED) is 0.515. The van der Waals surface area contributed by atoms with Crippen LogP contribution in [0.3, 0.4) is 0 Å². The zero-order chi connectivity index (χ0) is 7.64. The van der Waals surface area contributed by atoms with E-state index < -0.39 is 0 Å². The van der Waals surface area contributed by atoms with Crippen LogP contribution < -0.4 is 0 Å². The van der Waals surface area contributed by atoms with Crippen molar-refractivity contribution in [3.8, 4) is 0 Å². The second kappa shape index (κ2) is 1.46. The fourth-order valence-electron chi connectivity index (χ4n) is 2.89. The van der Waals surface area contributed by atoms with Gasteiger partial charge >= 0.3 is 0 Å². The van der Waals surface area contributed by atoms with Crippen LogP contribution in [0.5, 0.6) is 0 Å². The van der Waals surface area contributed by atoms with Crippen LogP contribution in [0, 0.1) is 17.3 Å². The third kappa shape index (κ3) is 0.467. The average molecular weight is 148 g/mol. The molecule has 2 heterocycles. The Morgan fingerprint density at radius 2 is 1.91 bits per heavy atom. The standard InChI is InChI=1S/C10H12O/c1-3-10(2)8-6-4-5-7(11-6)9(8)10/h3-9H,1H2,2H3. The van der Waals surface area contributed by atoms with Gasteiger partial charge in [-0.15, -0.1) is 6.58 Å². The van der Waals surface area contributed by atoms with Crippen LogP contribution in [-0.2, 0) is 4.74 Å². The van der Waals surface area contributed by atoms with E-state index in [1.807, 2.05) is 0 Å². The van der Waals surface area contributed by atoms with Crippen LogP contribution in [0.4, 0.5) is 0 Å². The van der Waals surface area contributed by atoms with Gasteiger partial charge in [-0.25, -0.2) is 0 Å². The molecule has 1 saturated carbocycles. The lowest BCUT2D eigenvalue weighted by atomic mass is 10.0. The van der Waals surface area contributed by atoms with Gasteiger partial charge in [0, 0.05) is 11.8 Å². The molecule has 3 rings (SSSR count). The highest BCUT2D eigenvalue weighted by molar-refractivity contribution is 5.33. The smallest absolute Gasteiger partial charge is 0.0805 e. The second-order valence-electron chi connectivity index (χ2n) is 4.07. The van der Waals surface area contributed by atoms with Crippen molar-refractivity contribution in [2.45, 2.75) is 19.1 Å². The Balaban J connectivity index is 2.00. The largest absolute Gasteiger partial charge is 0.366 e. The van der Waals surface area contributed by atoms with E-state index in [2.05, 4.69) is 31.7 Å². The molecule has 0 aromatic carbocycles. The molecule has 11 heavy (non-hydrogen) atoms. The van der Waals surface area contributed by atoms with Crippen molar-refractivity contribution < 1.29 is 4.74 Å². The van der Waals surface area contributed by atoms with Crippen molar-refractivity contribution in [1.29, 1.82) is 0 Å². The number of ether oxygens (including phenoxy) is 1. The fraction of sp³-hybridized carbons (Fsp3) is 0.600. The molecule has 2 bridgehead atoms. The van der Waals surface area contributed by atoms with E-state index in [-0.39, 0.29) is 0 Å². The van der Waals surface area contributed by atoms with E-state index in [1.165, 1.54) is 0 Å². The second-order valence-corrected chi connectivity index (χ2v) is 4.07. The predicted octanol–water partition coefficient (Wildman–Crippen LogP) is 1.76. The Morgan fingerprint density at radius 1 is 1.36 bits per heavy atom. The van der Waals surface area contributed by atoms with Crippen LogP contribution in [0.25, 0.3) is 0 Å². The first-order chi connectivity index (χ1) is 5.27. The summed E-state index contributed by atoms with van der Waals surface area (Å²) in [5.74, 6) is 1.49. The third-order valence-electron chi connectivity index (χ3n) is 3.67. The molecule has 1 nitrogen and oxygen atoms in total. The molecule has 1 aliphatic carbocycles. The van der Waals surface area contributed by atoms with E-state index in [9.17, 15) is 0 Å². The Hall–Kier alpha value is -0.560. The summed E-state index contributed by atoms with van der Waals surface area (Å²) in [6.07, 6.45) is 7.35. The number of allylic oxidation sites excluding steroid dienone is 1. The van der Waals surface area contributed by atoms with Gasteiger partial charge in [-0.05, 0) is 5.41 Å². The third-order valence-corrected chi connectivity index (χ3v) is 3.67. The number of hydrogen-bond donors (Lipinski definition) is 0. The molecule has 3 aliphatic rings. The van der Waals surface area contributed by atoms with Crippen molar-refractivity contribution in [3.05, 3.63) is 24.8 Å². The first-order valence-corrected chi connectivity index (χ1v) is 4.25. The SMILES string of the molecule is C=CC1(C)C2C3C=CC(O3)C21. The van der Waals surface area contributed by atoms with Gasteiger partial charge in [0.15, 0.2) is 0 Å². The summed E-state index contributed by atoms with van der Waals surface area (Å²) in [6.45, 7) is 6.19. The molecule has 0 aromatic rings. The van der Waals surface area contributed by atoms with Crippen LogP contribution in [0.15, 0.2) is 24.8 Å². The van der Waals surface area contributed by atoms with E-state index in [4.69, 9.17) is 4.74 Å². The molecule has 1 heteroatoms. The van der Waals surface area contributed by atoms with Crippen LogP contribution >= 0.6 is 0 Å². The van der Waals surface area contributed by atoms with Gasteiger partial charge in [-0.3, -0.25) is 0 Å². The minimum absolute atomic E-state index is 0.386. The van der Waals surface area contributed by atoms with Gasteiger partial charge in [-0.1, -0.05) is 25.2 Å². The van der Waals surface area contributed by atoms with E-state index in [0.717, 1.165) is 11.8 Å². The van der Waals surface area contributed by atoms with Crippen molar-refractivity contribution in [2.24, 2.45) is 17.3 Å². The monoisotopic (exact) mass is 148 g/mol. The molecule has 1 saturated heterocycles. The van der Waals surface area contributed by atoms with Crippen molar-refractivity contribution in [1.82, 2.24) is 0 Å². The zero-order valence-corrected chi connectivity index (χ0v) is 6.66. The van der Waals surface area contributed by atoms with E-state index >= 15 is 0 Å². The highest BCUT2D eigenvalue weighted by atomic mass is 16.5. The van der Waals surface area contributed by atoms with Gasteiger partial charge in [0.1, 0.15) is 0 Å². The molecule has 0 radical (unpaired) electrons. The molecule has 4 unspecified atom stereocenters. The maximum Gasteiger partial charge on any atom is 0.0805 e. The molecule has 0 aromatic heterocycles. The highest BCUT2D eigenvalue weighted by Crippen LogP contribution is 2.69. The molecular formula is C10H12O. The lowest BCUT2D eigenvalue weighted by molar-refractivity contribution is 0.0664. The van der Waals surface area contributed by atoms with Gasteiger partial charge in [-0.2, -0.15) is 0 Å². The summed E-state index contributed by atoms with van der Waals surface area (Å²) in [5, 5.41) is 0. The maximum absolute atomic E-state index is 5.67. The Morgan fingerprint density at radius 3 is 2.36 bits per heavy atom. The molecule has 2 aliphatic heterocycles. The molecule has 0 spiro atoms. The Bertz CT molecular complexity index is 236. The molecule has 0 amide bonds. The molecule has 0 N–H and O–H groups in total. The fourth-order valence-corrected chi connectivity index (χ4v) is 2.89. The first-order valence-electron chi connectivity index (χ1n) is 4.25. The van der Waals surface area contributed by atoms with Gasteiger partial charge in [0.05, 0.1) is 12.2 Å².